The molecule has 0 aliphatic carbocycles. The number of nitrogens with two attached hydrogens (primary N) is 1. The third-order valence-electron chi connectivity index (χ3n) is 9.19. The van der Waals surface area contributed by atoms with E-state index >= 15 is 8.42 Å². The number of hydrogen-bond donors (Lipinski definition) is 2. The van der Waals surface area contributed by atoms with E-state index in [9.17, 15) is 9.90 Å². The van der Waals surface area contributed by atoms with Crippen molar-refractivity contribution in [3.63, 3.8) is 0 Å². The second-order valence-electron chi connectivity index (χ2n) is 12.7. The number of thiazole rings is 1. The van der Waals surface area contributed by atoms with Crippen molar-refractivity contribution < 1.29 is 32.5 Å². The number of para-hydroxylation sites is 1. The van der Waals surface area contributed by atoms with E-state index in [0.29, 0.717) is 50.2 Å². The molecule has 0 aliphatic heterocycles. The van der Waals surface area contributed by atoms with Crippen molar-refractivity contribution in [2.45, 2.75) is 31.0 Å². The van der Waals surface area contributed by atoms with Crippen LogP contribution < -0.4 is 19.9 Å². The highest BCUT2D eigenvalue weighted by Gasteiger charge is 2.35. The SMILES string of the molecule is COc1ccc(CN(Cc2ccc(OC)cc2)S(=O)(=O)c2c(CC(=O)O)ccc(-c3cccc4sc(N)nc34)c2-c2nnnn2Cc2ccc(OC)cc2)cc1. The fourth-order valence-electron chi connectivity index (χ4n) is 6.47. The zero-order chi connectivity index (χ0) is 39.4. The summed E-state index contributed by atoms with van der Waals surface area (Å²) in [6, 6.07) is 30.2. The summed E-state index contributed by atoms with van der Waals surface area (Å²) in [5.41, 5.74) is 10.0. The van der Waals surface area contributed by atoms with Crippen LogP contribution in [0.15, 0.2) is 108 Å². The molecule has 0 bridgehead atoms. The van der Waals surface area contributed by atoms with Crippen molar-refractivity contribution in [1.29, 1.82) is 0 Å². The van der Waals surface area contributed by atoms with Gasteiger partial charge in [-0.3, -0.25) is 4.79 Å². The number of tetrazole rings is 1. The molecule has 7 rings (SSSR count). The fourth-order valence-corrected chi connectivity index (χ4v) is 9.06. The van der Waals surface area contributed by atoms with Crippen LogP contribution >= 0.6 is 11.3 Å². The summed E-state index contributed by atoms with van der Waals surface area (Å²) in [5, 5.41) is 23.3. The Kier molecular flexibility index (Phi) is 10.9. The second-order valence-corrected chi connectivity index (χ2v) is 15.7. The van der Waals surface area contributed by atoms with Gasteiger partial charge in [0.2, 0.25) is 10.0 Å². The summed E-state index contributed by atoms with van der Waals surface area (Å²) in [6.45, 7) is 0.0245. The topological polar surface area (TPSA) is 185 Å². The van der Waals surface area contributed by atoms with Gasteiger partial charge in [0.05, 0.1) is 49.4 Å². The molecule has 3 N–H and O–H groups in total. The maximum atomic E-state index is 15.7. The lowest BCUT2D eigenvalue weighted by Gasteiger charge is -2.26. The number of ether oxygens (including phenoxy) is 3. The average molecular weight is 792 g/mol. The van der Waals surface area contributed by atoms with Crippen LogP contribution in [0.4, 0.5) is 5.13 Å². The van der Waals surface area contributed by atoms with Gasteiger partial charge in [-0.1, -0.05) is 72.0 Å². The van der Waals surface area contributed by atoms with E-state index in [2.05, 4.69) is 20.5 Å². The first-order valence-electron chi connectivity index (χ1n) is 17.3. The van der Waals surface area contributed by atoms with Crippen molar-refractivity contribution >= 4 is 42.7 Å². The van der Waals surface area contributed by atoms with E-state index < -0.39 is 22.4 Å². The minimum absolute atomic E-state index is 0.0506. The van der Waals surface area contributed by atoms with E-state index in [1.165, 1.54) is 26.4 Å². The molecule has 14 nitrogen and oxygen atoms in total. The highest BCUT2D eigenvalue weighted by atomic mass is 32.2. The molecule has 0 amide bonds. The summed E-state index contributed by atoms with van der Waals surface area (Å²) < 4.78 is 50.9. The molecular formula is C40H37N7O7S2. The average Bonchev–Trinajstić information content (AvgIpc) is 3.83. The smallest absolute Gasteiger partial charge is 0.307 e. The summed E-state index contributed by atoms with van der Waals surface area (Å²) >= 11 is 1.29. The monoisotopic (exact) mass is 791 g/mol. The minimum atomic E-state index is -4.60. The third-order valence-corrected chi connectivity index (χ3v) is 12.0. The van der Waals surface area contributed by atoms with E-state index in [1.807, 2.05) is 30.3 Å². The van der Waals surface area contributed by atoms with Gasteiger partial charge in [0.25, 0.3) is 0 Å². The van der Waals surface area contributed by atoms with E-state index in [4.69, 9.17) is 19.9 Å². The van der Waals surface area contributed by atoms with Gasteiger partial charge < -0.3 is 25.1 Å². The van der Waals surface area contributed by atoms with Crippen LogP contribution in [0, 0.1) is 0 Å². The molecule has 0 radical (unpaired) electrons. The Morgan fingerprint density at radius 1 is 0.786 bits per heavy atom. The minimum Gasteiger partial charge on any atom is -0.497 e. The van der Waals surface area contributed by atoms with E-state index in [1.54, 1.807) is 88.1 Å². The molecular weight excluding hydrogens is 755 g/mol. The molecule has 0 spiro atoms. The normalized spacial score (nSPS) is 11.6. The number of carboxylic acid groups (broad SMARTS) is 1. The van der Waals surface area contributed by atoms with E-state index in [0.717, 1.165) is 10.3 Å². The molecule has 0 unspecified atom stereocenters. The molecule has 2 heterocycles. The van der Waals surface area contributed by atoms with Gasteiger partial charge in [0, 0.05) is 24.2 Å². The van der Waals surface area contributed by atoms with Gasteiger partial charge in [-0.25, -0.2) is 18.1 Å². The Bertz CT molecular complexity index is 2560. The van der Waals surface area contributed by atoms with Gasteiger partial charge >= 0.3 is 5.97 Å². The Labute approximate surface area is 326 Å². The predicted octanol–water partition coefficient (Wildman–Crippen LogP) is 6.29. The fraction of sp³-hybridized carbons (Fsp3) is 0.175. The molecule has 286 valence electrons. The predicted molar refractivity (Wildman–Crippen MR) is 212 cm³/mol. The first-order valence-corrected chi connectivity index (χ1v) is 19.5. The van der Waals surface area contributed by atoms with Crippen LogP contribution in [-0.2, 0) is 40.9 Å². The van der Waals surface area contributed by atoms with Crippen molar-refractivity contribution in [2.24, 2.45) is 0 Å². The number of methoxy groups -OCH3 is 3. The van der Waals surface area contributed by atoms with Crippen LogP contribution in [0.25, 0.3) is 32.7 Å². The number of hydrogen-bond acceptors (Lipinski definition) is 12. The number of rotatable bonds is 15. The molecule has 0 atom stereocenters. The molecule has 0 saturated heterocycles. The Morgan fingerprint density at radius 2 is 1.36 bits per heavy atom. The Balaban J connectivity index is 1.49. The largest absolute Gasteiger partial charge is 0.497 e. The summed E-state index contributed by atoms with van der Waals surface area (Å²) in [6.07, 6.45) is -0.603. The van der Waals surface area contributed by atoms with Gasteiger partial charge in [0.1, 0.15) is 17.2 Å². The zero-order valence-corrected chi connectivity index (χ0v) is 32.3. The van der Waals surface area contributed by atoms with Crippen LogP contribution in [-0.4, -0.2) is 70.3 Å². The number of sulfonamides is 1. The molecule has 56 heavy (non-hydrogen) atoms. The van der Waals surface area contributed by atoms with Gasteiger partial charge in [-0.15, -0.1) is 5.10 Å². The quantitative estimate of drug-likeness (QED) is 0.118. The number of benzene rings is 5. The second kappa shape index (κ2) is 16.2. The highest BCUT2D eigenvalue weighted by Crippen LogP contribution is 2.43. The van der Waals surface area contributed by atoms with Crippen molar-refractivity contribution in [3.05, 3.63) is 125 Å². The lowest BCUT2D eigenvalue weighted by atomic mass is 9.95. The van der Waals surface area contributed by atoms with Gasteiger partial charge in [-0.2, -0.15) is 4.31 Å². The number of fused-ring (bicyclic) bond motifs is 1. The van der Waals surface area contributed by atoms with Gasteiger partial charge in [-0.05, 0) is 80.7 Å². The molecule has 16 heteroatoms. The molecule has 2 aromatic heterocycles. The maximum absolute atomic E-state index is 15.7. The van der Waals surface area contributed by atoms with Crippen LogP contribution in [0.1, 0.15) is 22.3 Å². The number of nitrogens with zero attached hydrogens (tertiary/aromatic N) is 6. The molecule has 7 aromatic rings. The number of anilines is 1. The van der Waals surface area contributed by atoms with E-state index in [-0.39, 0.29) is 41.5 Å². The third kappa shape index (κ3) is 7.89. The van der Waals surface area contributed by atoms with Crippen molar-refractivity contribution in [3.8, 4) is 39.8 Å². The maximum Gasteiger partial charge on any atom is 0.307 e. The summed E-state index contributed by atoms with van der Waals surface area (Å²) in [7, 11) is 0.0796. The number of carboxylic acids is 1. The molecule has 0 fully saturated rings. The first-order chi connectivity index (χ1) is 27.1. The Morgan fingerprint density at radius 3 is 1.91 bits per heavy atom. The molecule has 0 saturated carbocycles. The van der Waals surface area contributed by atoms with Crippen molar-refractivity contribution in [2.75, 3.05) is 27.1 Å². The first kappa shape index (κ1) is 37.9. The van der Waals surface area contributed by atoms with Crippen LogP contribution in [0.5, 0.6) is 17.2 Å². The highest BCUT2D eigenvalue weighted by molar-refractivity contribution is 7.89. The Hall–Kier alpha value is -6.36. The number of nitrogen functional groups attached to an aromatic ring is 1. The lowest BCUT2D eigenvalue weighted by Crippen LogP contribution is -2.32. The molecule has 0 aliphatic rings. The number of aliphatic carboxylic acids is 1. The van der Waals surface area contributed by atoms with Crippen LogP contribution in [0.3, 0.4) is 0 Å². The lowest BCUT2D eigenvalue weighted by molar-refractivity contribution is -0.136. The summed E-state index contributed by atoms with van der Waals surface area (Å²) in [5.74, 6) is 0.766. The number of aromatic nitrogens is 5. The van der Waals surface area contributed by atoms with Crippen LogP contribution in [0.2, 0.25) is 0 Å². The number of carbonyl (C=O) groups is 1. The molecule has 5 aromatic carbocycles. The van der Waals surface area contributed by atoms with Crippen molar-refractivity contribution in [1.82, 2.24) is 29.5 Å². The van der Waals surface area contributed by atoms with Gasteiger partial charge in [0.15, 0.2) is 11.0 Å². The summed E-state index contributed by atoms with van der Waals surface area (Å²) in [4.78, 5) is 16.9. The standard InChI is InChI=1S/C40H37N7O7S2/c1-52-29-14-7-25(8-15-29)22-46(23-26-9-16-30(53-2)17-10-26)56(50,51)38-28(21-35(48)49)13-20-32(33-5-4-6-34-37(33)42-40(41)55-34)36(38)39-43-44-45-47(39)24-27-11-18-31(54-3)19-12-27/h4-20H,21-24H2,1-3H3,(H2,41,42)(H,48,49). The zero-order valence-electron chi connectivity index (χ0n) is 30.6.